The minimum atomic E-state index is -1.03. The van der Waals surface area contributed by atoms with Crippen LogP contribution in [0.1, 0.15) is 27.4 Å². The van der Waals surface area contributed by atoms with Crippen LogP contribution in [0.15, 0.2) is 30.3 Å². The van der Waals surface area contributed by atoms with Crippen LogP contribution in [0.5, 0.6) is 0 Å². The lowest BCUT2D eigenvalue weighted by atomic mass is 10.1. The van der Waals surface area contributed by atoms with E-state index < -0.39 is 11.8 Å². The molecule has 8 heteroatoms. The predicted octanol–water partition coefficient (Wildman–Crippen LogP) is 4.17. The molecule has 3 heterocycles. The SMILES string of the molecule is Cc1nc2c(F)cccc2c(-n2c(C)nc3c(C(=O)O)cc(N4CCOCC4)cc32)c1C. The predicted molar refractivity (Wildman–Crippen MR) is 121 cm³/mol. The van der Waals surface area contributed by atoms with Gasteiger partial charge in [0.15, 0.2) is 0 Å². The fourth-order valence-corrected chi connectivity index (χ4v) is 4.46. The van der Waals surface area contributed by atoms with Crippen molar-refractivity contribution in [3.63, 3.8) is 0 Å². The molecule has 2 aromatic carbocycles. The summed E-state index contributed by atoms with van der Waals surface area (Å²) in [4.78, 5) is 23.3. The lowest BCUT2D eigenvalue weighted by Crippen LogP contribution is -2.36. The molecule has 1 saturated heterocycles. The number of pyridine rings is 1. The molecule has 1 N–H and O–H groups in total. The number of carbonyl (C=O) groups is 1. The standard InChI is InChI=1S/C24H23FN4O3/c1-13-14(2)26-21-17(5-4-6-19(21)25)23(13)29-15(3)27-22-18(24(30)31)11-16(12-20(22)29)28-7-9-32-10-8-28/h4-6,11-12H,7-10H2,1-3H3,(H,30,31). The molecule has 0 atom stereocenters. The Kier molecular flexibility index (Phi) is 4.82. The van der Waals surface area contributed by atoms with Gasteiger partial charge >= 0.3 is 5.97 Å². The van der Waals surface area contributed by atoms with Gasteiger partial charge in [-0.25, -0.2) is 19.2 Å². The number of hydrogen-bond donors (Lipinski definition) is 1. The van der Waals surface area contributed by atoms with Gasteiger partial charge in [-0.1, -0.05) is 12.1 Å². The first-order valence-corrected chi connectivity index (χ1v) is 10.5. The fourth-order valence-electron chi connectivity index (χ4n) is 4.46. The summed E-state index contributed by atoms with van der Waals surface area (Å²) in [5.74, 6) is -0.802. The van der Waals surface area contributed by atoms with E-state index in [1.165, 1.54) is 6.07 Å². The normalized spacial score (nSPS) is 14.4. The highest BCUT2D eigenvalue weighted by Gasteiger charge is 2.23. The summed E-state index contributed by atoms with van der Waals surface area (Å²) in [6.07, 6.45) is 0. The topological polar surface area (TPSA) is 80.5 Å². The van der Waals surface area contributed by atoms with Gasteiger partial charge in [0.25, 0.3) is 0 Å². The number of nitrogens with zero attached hydrogens (tertiary/aromatic N) is 4. The maximum Gasteiger partial charge on any atom is 0.338 e. The van der Waals surface area contributed by atoms with E-state index in [1.54, 1.807) is 12.1 Å². The Morgan fingerprint density at radius 2 is 1.84 bits per heavy atom. The van der Waals surface area contributed by atoms with E-state index in [-0.39, 0.29) is 11.1 Å². The van der Waals surface area contributed by atoms with Crippen molar-refractivity contribution in [2.24, 2.45) is 0 Å². The molecule has 164 valence electrons. The van der Waals surface area contributed by atoms with Gasteiger partial charge in [-0.2, -0.15) is 0 Å². The fraction of sp³-hybridized carbons (Fsp3) is 0.292. The van der Waals surface area contributed by atoms with Crippen molar-refractivity contribution in [2.45, 2.75) is 20.8 Å². The van der Waals surface area contributed by atoms with Crippen molar-refractivity contribution in [3.8, 4) is 5.69 Å². The van der Waals surface area contributed by atoms with E-state index in [4.69, 9.17) is 4.74 Å². The summed E-state index contributed by atoms with van der Waals surface area (Å²) >= 11 is 0. The molecule has 4 aromatic rings. The molecule has 0 amide bonds. The average molecular weight is 434 g/mol. The Labute approximate surface area is 184 Å². The Morgan fingerprint density at radius 1 is 1.09 bits per heavy atom. The highest BCUT2D eigenvalue weighted by Crippen LogP contribution is 2.35. The molecule has 1 fully saturated rings. The molecular formula is C24H23FN4O3. The van der Waals surface area contributed by atoms with Crippen LogP contribution in [-0.4, -0.2) is 51.9 Å². The van der Waals surface area contributed by atoms with Crippen molar-refractivity contribution in [3.05, 3.63) is 58.8 Å². The van der Waals surface area contributed by atoms with E-state index >= 15 is 0 Å². The van der Waals surface area contributed by atoms with E-state index in [9.17, 15) is 14.3 Å². The van der Waals surface area contributed by atoms with Crippen LogP contribution in [0.2, 0.25) is 0 Å². The zero-order valence-corrected chi connectivity index (χ0v) is 18.1. The summed E-state index contributed by atoms with van der Waals surface area (Å²) in [6.45, 7) is 8.16. The minimum absolute atomic E-state index is 0.143. The maximum absolute atomic E-state index is 14.6. The van der Waals surface area contributed by atoms with Crippen molar-refractivity contribution in [1.82, 2.24) is 14.5 Å². The van der Waals surface area contributed by atoms with Crippen LogP contribution in [-0.2, 0) is 4.74 Å². The van der Waals surface area contributed by atoms with Gasteiger partial charge in [-0.15, -0.1) is 0 Å². The number of rotatable bonds is 3. The Balaban J connectivity index is 1.87. The number of anilines is 1. The number of aromatic carboxylic acids is 1. The molecule has 0 aliphatic carbocycles. The van der Waals surface area contributed by atoms with Gasteiger partial charge in [0.1, 0.15) is 22.7 Å². The number of benzene rings is 2. The third kappa shape index (κ3) is 3.10. The minimum Gasteiger partial charge on any atom is -0.478 e. The van der Waals surface area contributed by atoms with Crippen LogP contribution >= 0.6 is 0 Å². The number of aromatic nitrogens is 3. The highest BCUT2D eigenvalue weighted by atomic mass is 19.1. The van der Waals surface area contributed by atoms with E-state index in [2.05, 4.69) is 14.9 Å². The number of ether oxygens (including phenoxy) is 1. The molecular weight excluding hydrogens is 411 g/mol. The number of imidazole rings is 1. The van der Waals surface area contributed by atoms with Crippen molar-refractivity contribution in [2.75, 3.05) is 31.2 Å². The van der Waals surface area contributed by atoms with Crippen molar-refractivity contribution >= 4 is 33.6 Å². The number of carboxylic acid groups (broad SMARTS) is 1. The third-order valence-electron chi connectivity index (χ3n) is 6.16. The monoisotopic (exact) mass is 434 g/mol. The zero-order valence-electron chi connectivity index (χ0n) is 18.1. The largest absolute Gasteiger partial charge is 0.478 e. The molecule has 1 aliphatic rings. The van der Waals surface area contributed by atoms with Crippen molar-refractivity contribution in [1.29, 1.82) is 0 Å². The average Bonchev–Trinajstić information content (AvgIpc) is 3.11. The second-order valence-electron chi connectivity index (χ2n) is 8.07. The molecule has 0 spiro atoms. The van der Waals surface area contributed by atoms with E-state index in [0.29, 0.717) is 54.2 Å². The van der Waals surface area contributed by atoms with Crippen LogP contribution in [0.4, 0.5) is 10.1 Å². The summed E-state index contributed by atoms with van der Waals surface area (Å²) in [7, 11) is 0. The molecule has 0 saturated carbocycles. The molecule has 2 aromatic heterocycles. The Morgan fingerprint density at radius 3 is 2.56 bits per heavy atom. The van der Waals surface area contributed by atoms with Gasteiger partial charge in [0, 0.05) is 29.9 Å². The van der Waals surface area contributed by atoms with Crippen LogP contribution in [0.3, 0.4) is 0 Å². The molecule has 0 bridgehead atoms. The first kappa shape index (κ1) is 20.4. The first-order valence-electron chi connectivity index (χ1n) is 10.5. The summed E-state index contributed by atoms with van der Waals surface area (Å²) < 4.78 is 22.0. The van der Waals surface area contributed by atoms with Gasteiger partial charge in [0.2, 0.25) is 0 Å². The number of fused-ring (bicyclic) bond motifs is 2. The summed E-state index contributed by atoms with van der Waals surface area (Å²) in [6, 6.07) is 8.53. The number of aryl methyl sites for hydroxylation is 2. The third-order valence-corrected chi connectivity index (χ3v) is 6.16. The number of morpholine rings is 1. The van der Waals surface area contributed by atoms with Crippen molar-refractivity contribution < 1.29 is 19.0 Å². The molecule has 32 heavy (non-hydrogen) atoms. The molecule has 1 aliphatic heterocycles. The van der Waals surface area contributed by atoms with Gasteiger partial charge in [-0.3, -0.25) is 4.57 Å². The highest BCUT2D eigenvalue weighted by molar-refractivity contribution is 6.04. The smallest absolute Gasteiger partial charge is 0.338 e. The second-order valence-corrected chi connectivity index (χ2v) is 8.07. The van der Waals surface area contributed by atoms with Gasteiger partial charge in [0.05, 0.1) is 30.0 Å². The van der Waals surface area contributed by atoms with Crippen LogP contribution in [0.25, 0.3) is 27.6 Å². The summed E-state index contributed by atoms with van der Waals surface area (Å²) in [5, 5.41) is 10.6. The number of hydrogen-bond acceptors (Lipinski definition) is 5. The quantitative estimate of drug-likeness (QED) is 0.521. The lowest BCUT2D eigenvalue weighted by Gasteiger charge is -2.29. The molecule has 0 radical (unpaired) electrons. The lowest BCUT2D eigenvalue weighted by molar-refractivity contribution is 0.0699. The van der Waals surface area contributed by atoms with E-state index in [1.807, 2.05) is 37.5 Å². The number of para-hydroxylation sites is 1. The first-order chi connectivity index (χ1) is 15.4. The Hall–Kier alpha value is -3.52. The second kappa shape index (κ2) is 7.56. The van der Waals surface area contributed by atoms with Crippen LogP contribution in [0, 0.1) is 26.6 Å². The van der Waals surface area contributed by atoms with E-state index in [0.717, 1.165) is 16.9 Å². The molecule has 5 rings (SSSR count). The number of carboxylic acids is 1. The molecule has 7 nitrogen and oxygen atoms in total. The summed E-state index contributed by atoms with van der Waals surface area (Å²) in [5.41, 5.74) is 4.68. The molecule has 0 unspecified atom stereocenters. The maximum atomic E-state index is 14.6. The Bertz CT molecular complexity index is 1390. The number of halogens is 1. The van der Waals surface area contributed by atoms with Gasteiger partial charge < -0.3 is 14.7 Å². The van der Waals surface area contributed by atoms with Crippen LogP contribution < -0.4 is 4.90 Å². The zero-order chi connectivity index (χ0) is 22.6. The van der Waals surface area contributed by atoms with Gasteiger partial charge in [-0.05, 0) is 44.5 Å².